The van der Waals surface area contributed by atoms with Crippen molar-refractivity contribution in [2.45, 2.75) is 0 Å². The Morgan fingerprint density at radius 2 is 1.58 bits per heavy atom. The number of hydrogen-bond acceptors (Lipinski definition) is 3. The van der Waals surface area contributed by atoms with Crippen molar-refractivity contribution in [3.63, 3.8) is 0 Å². The molecular weight excluding hydrogens is 408 g/mol. The number of benzene rings is 3. The Balaban J connectivity index is 1.44. The minimum absolute atomic E-state index is 0.816. The van der Waals surface area contributed by atoms with E-state index in [0.29, 0.717) is 0 Å². The van der Waals surface area contributed by atoms with Crippen LogP contribution in [0.5, 0.6) is 11.5 Å². The number of fused-ring (bicyclic) bond motifs is 3. The van der Waals surface area contributed by atoms with E-state index in [4.69, 9.17) is 4.74 Å². The van der Waals surface area contributed by atoms with Gasteiger partial charge in [0.05, 0.1) is 19.9 Å². The third-order valence-corrected chi connectivity index (χ3v) is 6.16. The van der Waals surface area contributed by atoms with Crippen molar-refractivity contribution in [2.24, 2.45) is 7.05 Å². The van der Waals surface area contributed by atoms with Gasteiger partial charge in [0.2, 0.25) is 0 Å². The Morgan fingerprint density at radius 1 is 0.758 bits per heavy atom. The molecule has 5 aromatic rings. The minimum atomic E-state index is 0.816. The lowest BCUT2D eigenvalue weighted by atomic mass is 10.1. The van der Waals surface area contributed by atoms with E-state index < -0.39 is 0 Å². The Bertz CT molecular complexity index is 1520. The lowest BCUT2D eigenvalue weighted by Crippen LogP contribution is -2.32. The first kappa shape index (κ1) is 19.4. The molecule has 0 radical (unpaired) electrons. The van der Waals surface area contributed by atoms with Crippen molar-refractivity contribution in [1.29, 1.82) is 0 Å². The maximum atomic E-state index is 6.35. The summed E-state index contributed by atoms with van der Waals surface area (Å²) in [5.74, 6) is 2.74. The average molecular weight is 434 g/mol. The van der Waals surface area contributed by atoms with Crippen LogP contribution in [0.15, 0.2) is 104 Å². The zero-order chi connectivity index (χ0) is 22.4. The van der Waals surface area contributed by atoms with Crippen LogP contribution in [0.2, 0.25) is 0 Å². The zero-order valence-electron chi connectivity index (χ0n) is 18.7. The highest BCUT2D eigenvalue weighted by molar-refractivity contribution is 6.09. The fraction of sp³-hybridized carbons (Fsp3) is 0.107. The van der Waals surface area contributed by atoms with Gasteiger partial charge in [-0.3, -0.25) is 0 Å². The van der Waals surface area contributed by atoms with E-state index in [-0.39, 0.29) is 0 Å². The molecule has 3 aromatic carbocycles. The van der Waals surface area contributed by atoms with Gasteiger partial charge in [-0.1, -0.05) is 24.3 Å². The lowest BCUT2D eigenvalue weighted by Gasteiger charge is -2.19. The summed E-state index contributed by atoms with van der Waals surface area (Å²) in [6.45, 7) is 0.837. The summed E-state index contributed by atoms with van der Waals surface area (Å²) in [4.78, 5) is 4.34. The number of aryl methyl sites for hydroxylation is 1. The van der Waals surface area contributed by atoms with E-state index in [1.54, 1.807) is 0 Å². The predicted molar refractivity (Wildman–Crippen MR) is 133 cm³/mol. The quantitative estimate of drug-likeness (QED) is 0.346. The van der Waals surface area contributed by atoms with Crippen LogP contribution in [0.3, 0.4) is 0 Å². The molecule has 1 aliphatic rings. The molecule has 0 unspecified atom stereocenters. The van der Waals surface area contributed by atoms with Gasteiger partial charge in [0.25, 0.3) is 5.82 Å². The molecule has 0 N–H and O–H groups in total. The van der Waals surface area contributed by atoms with Crippen LogP contribution in [-0.4, -0.2) is 23.2 Å². The van der Waals surface area contributed by atoms with E-state index in [2.05, 4.69) is 118 Å². The lowest BCUT2D eigenvalue weighted by molar-refractivity contribution is -0.665. The van der Waals surface area contributed by atoms with Gasteiger partial charge in [-0.25, -0.2) is 4.57 Å². The molecule has 0 spiro atoms. The molecule has 0 amide bonds. The van der Waals surface area contributed by atoms with E-state index in [9.17, 15) is 0 Å². The molecule has 33 heavy (non-hydrogen) atoms. The highest BCUT2D eigenvalue weighted by atomic mass is 16.5. The molecule has 3 heterocycles. The Labute approximate surface area is 193 Å². The van der Waals surface area contributed by atoms with Crippen LogP contribution in [0.1, 0.15) is 0 Å². The summed E-state index contributed by atoms with van der Waals surface area (Å²) < 4.78 is 10.8. The van der Waals surface area contributed by atoms with E-state index in [0.717, 1.165) is 35.2 Å². The van der Waals surface area contributed by atoms with Gasteiger partial charge in [-0.2, -0.15) is 4.57 Å². The van der Waals surface area contributed by atoms with E-state index in [1.807, 2.05) is 18.2 Å². The Kier molecular flexibility index (Phi) is 4.54. The number of anilines is 1. The summed E-state index contributed by atoms with van der Waals surface area (Å²) >= 11 is 0. The molecule has 0 saturated carbocycles. The van der Waals surface area contributed by atoms with Crippen LogP contribution in [0.4, 0.5) is 5.69 Å². The first-order chi connectivity index (χ1) is 16.2. The summed E-state index contributed by atoms with van der Waals surface area (Å²) in [5, 5.41) is 2.44. The minimum Gasteiger partial charge on any atom is -0.457 e. The van der Waals surface area contributed by atoms with E-state index in [1.165, 1.54) is 16.3 Å². The number of hydrogen-bond donors (Lipinski definition) is 0. The van der Waals surface area contributed by atoms with Crippen molar-refractivity contribution < 1.29 is 9.30 Å². The molecule has 0 bridgehead atoms. The third kappa shape index (κ3) is 3.38. The van der Waals surface area contributed by atoms with Crippen LogP contribution in [0, 0.1) is 0 Å². The summed E-state index contributed by atoms with van der Waals surface area (Å²) in [6, 6.07) is 29.4. The zero-order valence-corrected chi connectivity index (χ0v) is 18.7. The second-order valence-corrected chi connectivity index (χ2v) is 8.47. The highest BCUT2D eigenvalue weighted by Gasteiger charge is 2.21. The SMILES string of the molecule is CN1C=CN(c2cccc(Oc3ccc4c5ccccc5n(-c5cccc[n+]5C)c4c3)c2)C1. The van der Waals surface area contributed by atoms with Gasteiger partial charge in [-0.15, -0.1) is 0 Å². The maximum Gasteiger partial charge on any atom is 0.286 e. The number of pyridine rings is 1. The molecule has 0 saturated heterocycles. The second-order valence-electron chi connectivity index (χ2n) is 8.47. The van der Waals surface area contributed by atoms with Crippen molar-refractivity contribution >= 4 is 27.5 Å². The number of ether oxygens (including phenoxy) is 1. The van der Waals surface area contributed by atoms with Gasteiger partial charge in [0.15, 0.2) is 0 Å². The normalized spacial score (nSPS) is 13.4. The molecule has 2 aromatic heterocycles. The van der Waals surface area contributed by atoms with Crippen molar-refractivity contribution in [1.82, 2.24) is 9.47 Å². The number of para-hydroxylation sites is 1. The van der Waals surface area contributed by atoms with Crippen LogP contribution < -0.4 is 14.2 Å². The topological polar surface area (TPSA) is 24.5 Å². The van der Waals surface area contributed by atoms with Crippen molar-refractivity contribution in [3.05, 3.63) is 104 Å². The molecule has 0 atom stereocenters. The molecular formula is C28H25N4O+. The number of aromatic nitrogens is 2. The molecule has 5 heteroatoms. The van der Waals surface area contributed by atoms with Crippen LogP contribution >= 0.6 is 0 Å². The number of nitrogens with zero attached hydrogens (tertiary/aromatic N) is 4. The van der Waals surface area contributed by atoms with E-state index >= 15 is 0 Å². The smallest absolute Gasteiger partial charge is 0.286 e. The first-order valence-electron chi connectivity index (χ1n) is 11.1. The largest absolute Gasteiger partial charge is 0.457 e. The molecule has 6 rings (SSSR count). The summed E-state index contributed by atoms with van der Waals surface area (Å²) in [7, 11) is 4.14. The monoisotopic (exact) mass is 433 g/mol. The van der Waals surface area contributed by atoms with Gasteiger partial charge in [0.1, 0.15) is 22.5 Å². The summed E-state index contributed by atoms with van der Waals surface area (Å²) in [5.41, 5.74) is 3.41. The number of rotatable bonds is 4. The fourth-order valence-electron chi connectivity index (χ4n) is 4.57. The molecule has 0 fully saturated rings. The average Bonchev–Trinajstić information content (AvgIpc) is 3.41. The third-order valence-electron chi connectivity index (χ3n) is 6.16. The molecule has 1 aliphatic heterocycles. The molecule has 0 aliphatic carbocycles. The molecule has 162 valence electrons. The van der Waals surface area contributed by atoms with Gasteiger partial charge >= 0.3 is 0 Å². The maximum absolute atomic E-state index is 6.35. The van der Waals surface area contributed by atoms with Crippen molar-refractivity contribution in [3.8, 4) is 17.3 Å². The Hall–Kier alpha value is -4.25. The molecule has 5 nitrogen and oxygen atoms in total. The van der Waals surface area contributed by atoms with Gasteiger partial charge in [0, 0.05) is 54.1 Å². The van der Waals surface area contributed by atoms with Gasteiger partial charge in [-0.05, 0) is 42.5 Å². The summed E-state index contributed by atoms with van der Waals surface area (Å²) in [6.07, 6.45) is 6.24. The standard InChI is InChI=1S/C28H25N4O/c1-29-16-17-31(20-29)21-8-7-9-22(18-21)33-23-13-14-25-24-10-3-4-11-26(24)32(27(25)19-23)28-12-5-6-15-30(28)2/h3-19H,20H2,1-2H3/q+1. The second kappa shape index (κ2) is 7.71. The van der Waals surface area contributed by atoms with Gasteiger partial charge < -0.3 is 14.5 Å². The fourth-order valence-corrected chi connectivity index (χ4v) is 4.57. The predicted octanol–water partition coefficient (Wildman–Crippen LogP) is 5.58. The highest BCUT2D eigenvalue weighted by Crippen LogP contribution is 2.35. The first-order valence-corrected chi connectivity index (χ1v) is 11.1. The van der Waals surface area contributed by atoms with Crippen LogP contribution in [0.25, 0.3) is 27.6 Å². The Morgan fingerprint density at radius 3 is 2.42 bits per heavy atom. The van der Waals surface area contributed by atoms with Crippen LogP contribution in [-0.2, 0) is 7.05 Å². The van der Waals surface area contributed by atoms with Crippen molar-refractivity contribution in [2.75, 3.05) is 18.6 Å².